The van der Waals surface area contributed by atoms with E-state index in [0.29, 0.717) is 18.2 Å². The lowest BCUT2D eigenvalue weighted by atomic mass is 10.3. The van der Waals surface area contributed by atoms with Crippen LogP contribution in [0.25, 0.3) is 0 Å². The fourth-order valence-corrected chi connectivity index (χ4v) is 2.74. The Morgan fingerprint density at radius 2 is 2.08 bits per heavy atom. The first-order valence-corrected chi connectivity index (χ1v) is 8.66. The van der Waals surface area contributed by atoms with Crippen molar-refractivity contribution in [1.82, 2.24) is 15.2 Å². The number of likely N-dealkylation sites (tertiary alicyclic amines) is 1. The molecule has 5 nitrogen and oxygen atoms in total. The third kappa shape index (κ3) is 5.82. The molecule has 0 unspecified atom stereocenters. The summed E-state index contributed by atoms with van der Waals surface area (Å²) in [5.41, 5.74) is 1.00. The number of nitrogens with one attached hydrogen (secondary N) is 1. The van der Waals surface area contributed by atoms with Crippen LogP contribution in [-0.4, -0.2) is 35.5 Å². The number of hydrogen-bond donors (Lipinski definition) is 1. The van der Waals surface area contributed by atoms with E-state index in [2.05, 4.69) is 22.1 Å². The zero-order chi connectivity index (χ0) is 17.5. The smallest absolute Gasteiger partial charge is 0.219 e. The zero-order valence-corrected chi connectivity index (χ0v) is 17.2. The second-order valence-corrected chi connectivity index (χ2v) is 5.93. The number of benzene rings is 1. The molecule has 2 aromatic rings. The van der Waals surface area contributed by atoms with Crippen LogP contribution in [0.4, 0.5) is 4.39 Å². The summed E-state index contributed by atoms with van der Waals surface area (Å²) in [6.07, 6.45) is 4.18. The van der Waals surface area contributed by atoms with E-state index in [1.165, 1.54) is 25.0 Å². The summed E-state index contributed by atoms with van der Waals surface area (Å²) in [4.78, 5) is 11.3. The molecule has 0 spiro atoms. The van der Waals surface area contributed by atoms with Crippen molar-refractivity contribution in [2.24, 2.45) is 4.99 Å². The molecule has 1 aliphatic heterocycles. The first-order valence-electron chi connectivity index (χ1n) is 8.66. The number of nitrogens with zero attached hydrogens (tertiary/aromatic N) is 3. The number of halogens is 2. The summed E-state index contributed by atoms with van der Waals surface area (Å²) in [6.45, 7) is 5.61. The van der Waals surface area contributed by atoms with Crippen molar-refractivity contribution in [2.75, 3.05) is 19.6 Å². The number of aromatic nitrogens is 1. The third-order valence-corrected chi connectivity index (χ3v) is 3.97. The highest BCUT2D eigenvalue weighted by Crippen LogP contribution is 2.20. The van der Waals surface area contributed by atoms with Crippen molar-refractivity contribution in [1.29, 1.82) is 0 Å². The van der Waals surface area contributed by atoms with Gasteiger partial charge in [-0.1, -0.05) is 12.1 Å². The number of pyridine rings is 1. The average Bonchev–Trinajstić information content (AvgIpc) is 3.14. The lowest BCUT2D eigenvalue weighted by molar-refractivity contribution is 0.457. The predicted octanol–water partition coefficient (Wildman–Crippen LogP) is 4.19. The van der Waals surface area contributed by atoms with Gasteiger partial charge in [0.05, 0.1) is 6.54 Å². The molecule has 26 heavy (non-hydrogen) atoms. The van der Waals surface area contributed by atoms with Crippen molar-refractivity contribution in [3.05, 3.63) is 54.0 Å². The molecule has 2 heterocycles. The molecule has 1 aromatic heterocycles. The van der Waals surface area contributed by atoms with Gasteiger partial charge in [-0.3, -0.25) is 0 Å². The Morgan fingerprint density at radius 1 is 1.27 bits per heavy atom. The van der Waals surface area contributed by atoms with E-state index in [-0.39, 0.29) is 29.8 Å². The lowest BCUT2D eigenvalue weighted by Crippen LogP contribution is -2.39. The molecule has 0 amide bonds. The molecule has 0 saturated carbocycles. The van der Waals surface area contributed by atoms with E-state index < -0.39 is 0 Å². The van der Waals surface area contributed by atoms with Crippen LogP contribution in [0.1, 0.15) is 25.3 Å². The molecule has 140 valence electrons. The van der Waals surface area contributed by atoms with Crippen molar-refractivity contribution in [3.8, 4) is 11.6 Å². The maximum atomic E-state index is 13.2. The number of hydrogen-bond acceptors (Lipinski definition) is 3. The minimum atomic E-state index is -0.332. The maximum absolute atomic E-state index is 13.2. The summed E-state index contributed by atoms with van der Waals surface area (Å²) in [5.74, 6) is 1.49. The summed E-state index contributed by atoms with van der Waals surface area (Å²) >= 11 is 0. The van der Waals surface area contributed by atoms with Gasteiger partial charge in [-0.25, -0.2) is 14.4 Å². The van der Waals surface area contributed by atoms with E-state index in [4.69, 9.17) is 9.73 Å². The zero-order valence-electron chi connectivity index (χ0n) is 14.8. The number of guanidine groups is 1. The van der Waals surface area contributed by atoms with E-state index in [9.17, 15) is 4.39 Å². The Kier molecular flexibility index (Phi) is 8.08. The lowest BCUT2D eigenvalue weighted by Gasteiger charge is -2.20. The van der Waals surface area contributed by atoms with E-state index >= 15 is 0 Å². The highest BCUT2D eigenvalue weighted by atomic mass is 127. The minimum absolute atomic E-state index is 0. The monoisotopic (exact) mass is 470 g/mol. The molecular formula is C19H24FIN4O. The molecule has 1 aromatic carbocycles. The van der Waals surface area contributed by atoms with Gasteiger partial charge in [-0.05, 0) is 37.5 Å². The van der Waals surface area contributed by atoms with Crippen LogP contribution in [0.15, 0.2) is 47.6 Å². The number of ether oxygens (including phenoxy) is 1. The van der Waals surface area contributed by atoms with Crippen LogP contribution in [0.5, 0.6) is 11.6 Å². The van der Waals surface area contributed by atoms with Crippen LogP contribution >= 0.6 is 24.0 Å². The summed E-state index contributed by atoms with van der Waals surface area (Å²) in [5, 5.41) is 3.34. The second-order valence-electron chi connectivity index (χ2n) is 5.93. The largest absolute Gasteiger partial charge is 0.439 e. The SMILES string of the molecule is CCNC(=NCc1ccc(Oc2cccc(F)c2)nc1)N1CCCC1.I. The first kappa shape index (κ1) is 20.4. The molecular weight excluding hydrogens is 446 g/mol. The third-order valence-electron chi connectivity index (χ3n) is 3.97. The van der Waals surface area contributed by atoms with Gasteiger partial charge in [0.15, 0.2) is 5.96 Å². The van der Waals surface area contributed by atoms with Gasteiger partial charge in [0.2, 0.25) is 5.88 Å². The highest BCUT2D eigenvalue weighted by Gasteiger charge is 2.15. The van der Waals surface area contributed by atoms with Gasteiger partial charge >= 0.3 is 0 Å². The highest BCUT2D eigenvalue weighted by molar-refractivity contribution is 14.0. The molecule has 1 fully saturated rings. The summed E-state index contributed by atoms with van der Waals surface area (Å²) in [6, 6.07) is 9.72. The van der Waals surface area contributed by atoms with E-state index in [0.717, 1.165) is 31.2 Å². The number of aliphatic imine (C=N–C) groups is 1. The normalized spacial score (nSPS) is 14.1. The van der Waals surface area contributed by atoms with Crippen LogP contribution in [0.2, 0.25) is 0 Å². The molecule has 3 rings (SSSR count). The van der Waals surface area contributed by atoms with Gasteiger partial charge in [-0.15, -0.1) is 24.0 Å². The van der Waals surface area contributed by atoms with E-state index in [1.807, 2.05) is 6.07 Å². The summed E-state index contributed by atoms with van der Waals surface area (Å²) < 4.78 is 18.7. The molecule has 7 heteroatoms. The topological polar surface area (TPSA) is 49.8 Å². The Balaban J connectivity index is 0.00000243. The van der Waals surface area contributed by atoms with Gasteiger partial charge in [-0.2, -0.15) is 0 Å². The van der Waals surface area contributed by atoms with Crippen LogP contribution < -0.4 is 10.1 Å². The quantitative estimate of drug-likeness (QED) is 0.405. The van der Waals surface area contributed by atoms with Gasteiger partial charge < -0.3 is 15.0 Å². The maximum Gasteiger partial charge on any atom is 0.219 e. The Hall–Kier alpha value is -1.90. The molecule has 0 radical (unpaired) electrons. The molecule has 0 bridgehead atoms. The second kappa shape index (κ2) is 10.3. The first-order chi connectivity index (χ1) is 12.2. The van der Waals surface area contributed by atoms with Gasteiger partial charge in [0, 0.05) is 38.0 Å². The standard InChI is InChI=1S/C19H23FN4O.HI/c1-2-21-19(24-10-3-4-11-24)23-14-15-8-9-18(22-13-15)25-17-7-5-6-16(20)12-17;/h5-9,12-13H,2-4,10-11,14H2,1H3,(H,21,23);1H. The number of rotatable bonds is 5. The van der Waals surface area contributed by atoms with Gasteiger partial charge in [0.1, 0.15) is 11.6 Å². The summed E-state index contributed by atoms with van der Waals surface area (Å²) in [7, 11) is 0. The van der Waals surface area contributed by atoms with Gasteiger partial charge in [0.25, 0.3) is 0 Å². The average molecular weight is 470 g/mol. The molecule has 1 saturated heterocycles. The minimum Gasteiger partial charge on any atom is -0.439 e. The molecule has 0 aliphatic carbocycles. The molecule has 1 N–H and O–H groups in total. The van der Waals surface area contributed by atoms with Crippen molar-refractivity contribution < 1.29 is 9.13 Å². The fourth-order valence-electron chi connectivity index (χ4n) is 2.74. The van der Waals surface area contributed by atoms with Crippen molar-refractivity contribution >= 4 is 29.9 Å². The fraction of sp³-hybridized carbons (Fsp3) is 0.368. The van der Waals surface area contributed by atoms with E-state index in [1.54, 1.807) is 24.4 Å². The van der Waals surface area contributed by atoms with Crippen molar-refractivity contribution in [3.63, 3.8) is 0 Å². The molecule has 1 aliphatic rings. The Bertz CT molecular complexity index is 718. The van der Waals surface area contributed by atoms with Crippen LogP contribution in [0, 0.1) is 5.82 Å². The van der Waals surface area contributed by atoms with Crippen LogP contribution in [0.3, 0.4) is 0 Å². The Labute approximate surface area is 170 Å². The molecule has 0 atom stereocenters. The Morgan fingerprint density at radius 3 is 2.73 bits per heavy atom. The van der Waals surface area contributed by atoms with Crippen LogP contribution in [-0.2, 0) is 6.54 Å². The predicted molar refractivity (Wildman–Crippen MR) is 112 cm³/mol. The van der Waals surface area contributed by atoms with Crippen molar-refractivity contribution in [2.45, 2.75) is 26.3 Å².